The van der Waals surface area contributed by atoms with Crippen LogP contribution >= 0.6 is 0 Å². The predicted octanol–water partition coefficient (Wildman–Crippen LogP) is 5.74. The lowest BCUT2D eigenvalue weighted by Crippen LogP contribution is -1.92. The van der Waals surface area contributed by atoms with E-state index >= 15 is 0 Å². The summed E-state index contributed by atoms with van der Waals surface area (Å²) in [6.45, 7) is 3.90. The molecule has 0 fully saturated rings. The summed E-state index contributed by atoms with van der Waals surface area (Å²) in [6.07, 6.45) is 5.06. The van der Waals surface area contributed by atoms with Gasteiger partial charge in [0.15, 0.2) is 0 Å². The molecule has 0 aliphatic carbocycles. The first-order chi connectivity index (χ1) is 11.8. The minimum absolute atomic E-state index is 0.617. The van der Waals surface area contributed by atoms with Gasteiger partial charge >= 0.3 is 0 Å². The maximum absolute atomic E-state index is 10.3. The van der Waals surface area contributed by atoms with Crippen LogP contribution < -0.4 is 0 Å². The van der Waals surface area contributed by atoms with Crippen LogP contribution in [0.1, 0.15) is 22.8 Å². The average molecular weight is 312 g/mol. The smallest absolute Gasteiger partial charge is 0.0975 e. The SMILES string of the molecule is C=Cc1ccccc1-c1ccccc1/C=C/C(O)c1ccccc1. The van der Waals surface area contributed by atoms with Gasteiger partial charge in [0.1, 0.15) is 0 Å². The van der Waals surface area contributed by atoms with Crippen LogP contribution in [0.15, 0.2) is 91.5 Å². The molecule has 24 heavy (non-hydrogen) atoms. The maximum atomic E-state index is 10.3. The first-order valence-corrected chi connectivity index (χ1v) is 8.01. The van der Waals surface area contributed by atoms with Gasteiger partial charge in [0.05, 0.1) is 6.10 Å². The number of hydrogen-bond acceptors (Lipinski definition) is 1. The lowest BCUT2D eigenvalue weighted by molar-refractivity contribution is 0.229. The summed E-state index contributed by atoms with van der Waals surface area (Å²) in [5.41, 5.74) is 5.33. The Labute approximate surface area is 143 Å². The molecule has 0 saturated carbocycles. The van der Waals surface area contributed by atoms with Crippen LogP contribution in [0.5, 0.6) is 0 Å². The zero-order valence-electron chi connectivity index (χ0n) is 13.5. The molecule has 1 heteroatoms. The fraction of sp³-hybridized carbons (Fsp3) is 0.0435. The van der Waals surface area contributed by atoms with Crippen molar-refractivity contribution in [3.05, 3.63) is 108 Å². The van der Waals surface area contributed by atoms with Gasteiger partial charge in [0, 0.05) is 0 Å². The molecular formula is C23H20O. The second-order valence-electron chi connectivity index (χ2n) is 5.59. The third-order valence-corrected chi connectivity index (χ3v) is 4.03. The minimum atomic E-state index is -0.617. The molecule has 118 valence electrons. The summed E-state index contributed by atoms with van der Waals surface area (Å²) >= 11 is 0. The molecular weight excluding hydrogens is 292 g/mol. The van der Waals surface area contributed by atoms with E-state index in [1.54, 1.807) is 0 Å². The van der Waals surface area contributed by atoms with Crippen LogP contribution in [-0.2, 0) is 0 Å². The van der Waals surface area contributed by atoms with Gasteiger partial charge in [-0.25, -0.2) is 0 Å². The number of hydrogen-bond donors (Lipinski definition) is 1. The second kappa shape index (κ2) is 7.58. The quantitative estimate of drug-likeness (QED) is 0.636. The summed E-state index contributed by atoms with van der Waals surface area (Å²) in [5.74, 6) is 0. The van der Waals surface area contributed by atoms with Gasteiger partial charge in [-0.15, -0.1) is 0 Å². The molecule has 3 rings (SSSR count). The van der Waals surface area contributed by atoms with Crippen LogP contribution in [0.25, 0.3) is 23.3 Å². The van der Waals surface area contributed by atoms with Crippen molar-refractivity contribution in [1.82, 2.24) is 0 Å². The van der Waals surface area contributed by atoms with Crippen molar-refractivity contribution in [3.63, 3.8) is 0 Å². The van der Waals surface area contributed by atoms with Crippen LogP contribution in [-0.4, -0.2) is 5.11 Å². The standard InChI is InChI=1S/C23H20O/c1-2-18-10-6-8-14-21(18)22-15-9-7-11-19(22)16-17-23(24)20-12-4-3-5-13-20/h2-17,23-24H,1H2/b17-16+. The highest BCUT2D eigenvalue weighted by Crippen LogP contribution is 2.29. The van der Waals surface area contributed by atoms with Crippen LogP contribution in [0.3, 0.4) is 0 Å². The van der Waals surface area contributed by atoms with E-state index < -0.39 is 6.10 Å². The fourth-order valence-electron chi connectivity index (χ4n) is 2.76. The summed E-state index contributed by atoms with van der Waals surface area (Å²) in [4.78, 5) is 0. The van der Waals surface area contributed by atoms with E-state index in [0.29, 0.717) is 0 Å². The van der Waals surface area contributed by atoms with Crippen molar-refractivity contribution < 1.29 is 5.11 Å². The van der Waals surface area contributed by atoms with E-state index in [9.17, 15) is 5.11 Å². The normalized spacial score (nSPS) is 12.2. The van der Waals surface area contributed by atoms with E-state index in [-0.39, 0.29) is 0 Å². The molecule has 1 N–H and O–H groups in total. The molecule has 0 bridgehead atoms. The van der Waals surface area contributed by atoms with Crippen LogP contribution in [0.2, 0.25) is 0 Å². The lowest BCUT2D eigenvalue weighted by atomic mass is 9.95. The van der Waals surface area contributed by atoms with Crippen molar-refractivity contribution in [1.29, 1.82) is 0 Å². The van der Waals surface area contributed by atoms with E-state index in [0.717, 1.165) is 27.8 Å². The second-order valence-corrected chi connectivity index (χ2v) is 5.59. The number of rotatable bonds is 5. The highest BCUT2D eigenvalue weighted by Gasteiger charge is 2.07. The maximum Gasteiger partial charge on any atom is 0.0975 e. The van der Waals surface area contributed by atoms with Gasteiger partial charge in [0.2, 0.25) is 0 Å². The molecule has 1 unspecified atom stereocenters. The van der Waals surface area contributed by atoms with E-state index in [2.05, 4.69) is 30.8 Å². The molecule has 0 spiro atoms. The van der Waals surface area contributed by atoms with E-state index in [1.807, 2.05) is 72.8 Å². The van der Waals surface area contributed by atoms with Gasteiger partial charge in [0.25, 0.3) is 0 Å². The Balaban J connectivity index is 1.95. The van der Waals surface area contributed by atoms with Crippen molar-refractivity contribution >= 4 is 12.2 Å². The molecule has 3 aromatic carbocycles. The van der Waals surface area contributed by atoms with Gasteiger partial charge in [-0.3, -0.25) is 0 Å². The van der Waals surface area contributed by atoms with Crippen LogP contribution in [0, 0.1) is 0 Å². The fourth-order valence-corrected chi connectivity index (χ4v) is 2.76. The van der Waals surface area contributed by atoms with Crippen molar-refractivity contribution in [2.45, 2.75) is 6.10 Å². The van der Waals surface area contributed by atoms with Crippen molar-refractivity contribution in [2.24, 2.45) is 0 Å². The van der Waals surface area contributed by atoms with E-state index in [1.165, 1.54) is 0 Å². The van der Waals surface area contributed by atoms with Crippen molar-refractivity contribution in [3.8, 4) is 11.1 Å². The van der Waals surface area contributed by atoms with Crippen LogP contribution in [0.4, 0.5) is 0 Å². The topological polar surface area (TPSA) is 20.2 Å². The molecule has 1 nitrogen and oxygen atoms in total. The zero-order chi connectivity index (χ0) is 16.8. The third-order valence-electron chi connectivity index (χ3n) is 4.03. The van der Waals surface area contributed by atoms with Gasteiger partial charge in [-0.05, 0) is 27.8 Å². The Morgan fingerprint density at radius 3 is 1.92 bits per heavy atom. The van der Waals surface area contributed by atoms with Crippen molar-refractivity contribution in [2.75, 3.05) is 0 Å². The third kappa shape index (κ3) is 3.53. The summed E-state index contributed by atoms with van der Waals surface area (Å²) in [6, 6.07) is 26.0. The molecule has 1 atom stereocenters. The molecule has 0 amide bonds. The van der Waals surface area contributed by atoms with Gasteiger partial charge < -0.3 is 5.11 Å². The Bertz CT molecular complexity index is 847. The molecule has 0 heterocycles. The molecule has 0 aromatic heterocycles. The van der Waals surface area contributed by atoms with E-state index in [4.69, 9.17) is 0 Å². The number of benzene rings is 3. The zero-order valence-corrected chi connectivity index (χ0v) is 13.5. The minimum Gasteiger partial charge on any atom is -0.384 e. The molecule has 3 aromatic rings. The number of aliphatic hydroxyl groups excluding tert-OH is 1. The first-order valence-electron chi connectivity index (χ1n) is 8.01. The summed E-state index contributed by atoms with van der Waals surface area (Å²) < 4.78 is 0. The Morgan fingerprint density at radius 1 is 0.708 bits per heavy atom. The number of aliphatic hydroxyl groups is 1. The van der Waals surface area contributed by atoms with Gasteiger partial charge in [-0.1, -0.05) is 104 Å². The first kappa shape index (κ1) is 16.0. The lowest BCUT2D eigenvalue weighted by Gasteiger charge is -2.10. The summed E-state index contributed by atoms with van der Waals surface area (Å²) in [7, 11) is 0. The average Bonchev–Trinajstić information content (AvgIpc) is 2.67. The highest BCUT2D eigenvalue weighted by atomic mass is 16.3. The predicted molar refractivity (Wildman–Crippen MR) is 102 cm³/mol. The highest BCUT2D eigenvalue weighted by molar-refractivity contribution is 5.81. The van der Waals surface area contributed by atoms with Gasteiger partial charge in [-0.2, -0.15) is 0 Å². The summed E-state index contributed by atoms with van der Waals surface area (Å²) in [5, 5.41) is 10.3. The Hall–Kier alpha value is -2.90. The Morgan fingerprint density at radius 2 is 1.25 bits per heavy atom. The molecule has 0 saturated heterocycles. The molecule has 0 aliphatic heterocycles. The Kier molecular flexibility index (Phi) is 5.05. The molecule has 0 radical (unpaired) electrons. The monoisotopic (exact) mass is 312 g/mol. The largest absolute Gasteiger partial charge is 0.384 e. The molecule has 0 aliphatic rings.